The van der Waals surface area contributed by atoms with Gasteiger partial charge in [-0.1, -0.05) is 40.5 Å². The van der Waals surface area contributed by atoms with Crippen molar-refractivity contribution >= 4 is 23.0 Å². The number of aliphatic hydroxyl groups excluding tert-OH is 1. The lowest BCUT2D eigenvalue weighted by molar-refractivity contribution is -0.129. The SMILES string of the molecule is CCCCCN1C(=O)C(O)=C(C(=O)C(C)(C)C)C1c1sccc1C. The molecule has 1 N–H and O–H groups in total. The molecule has 1 aliphatic rings. The molecule has 0 aliphatic carbocycles. The molecular formula is C19H27NO3S. The van der Waals surface area contributed by atoms with Gasteiger partial charge in [0.05, 0.1) is 11.6 Å². The first kappa shape index (κ1) is 18.7. The highest BCUT2D eigenvalue weighted by Crippen LogP contribution is 2.43. The first-order valence-electron chi connectivity index (χ1n) is 8.53. The molecular weight excluding hydrogens is 322 g/mol. The average Bonchev–Trinajstić information content (AvgIpc) is 3.02. The number of carbonyl (C=O) groups is 2. The van der Waals surface area contributed by atoms with Crippen molar-refractivity contribution in [3.63, 3.8) is 0 Å². The molecule has 0 saturated carbocycles. The molecule has 1 aromatic rings. The van der Waals surface area contributed by atoms with Crippen molar-refractivity contribution in [3.8, 4) is 0 Å². The van der Waals surface area contributed by atoms with Crippen LogP contribution in [0.1, 0.15) is 63.4 Å². The maximum atomic E-state index is 12.9. The van der Waals surface area contributed by atoms with Gasteiger partial charge in [0.15, 0.2) is 11.5 Å². The van der Waals surface area contributed by atoms with E-state index in [4.69, 9.17) is 0 Å². The van der Waals surface area contributed by atoms with Crippen molar-refractivity contribution in [3.05, 3.63) is 33.2 Å². The second kappa shape index (κ2) is 7.09. The Morgan fingerprint density at radius 3 is 2.50 bits per heavy atom. The van der Waals surface area contributed by atoms with E-state index >= 15 is 0 Å². The normalized spacial score (nSPS) is 18.6. The molecule has 0 fully saturated rings. The summed E-state index contributed by atoms with van der Waals surface area (Å²) < 4.78 is 0. The Morgan fingerprint density at radius 2 is 2.00 bits per heavy atom. The summed E-state index contributed by atoms with van der Waals surface area (Å²) in [5.41, 5.74) is 0.661. The highest BCUT2D eigenvalue weighted by molar-refractivity contribution is 7.10. The molecule has 2 rings (SSSR count). The monoisotopic (exact) mass is 349 g/mol. The van der Waals surface area contributed by atoms with Crippen LogP contribution in [0.15, 0.2) is 22.8 Å². The van der Waals surface area contributed by atoms with Gasteiger partial charge in [-0.3, -0.25) is 9.59 Å². The third kappa shape index (κ3) is 3.41. The van der Waals surface area contributed by atoms with Crippen molar-refractivity contribution in [1.29, 1.82) is 0 Å². The third-order valence-electron chi connectivity index (χ3n) is 4.38. The molecule has 1 aliphatic heterocycles. The van der Waals surface area contributed by atoms with E-state index in [-0.39, 0.29) is 17.1 Å². The van der Waals surface area contributed by atoms with Crippen LogP contribution in [0.3, 0.4) is 0 Å². The number of aryl methyl sites for hydroxylation is 1. The van der Waals surface area contributed by atoms with E-state index in [0.29, 0.717) is 6.54 Å². The Morgan fingerprint density at radius 1 is 1.33 bits per heavy atom. The van der Waals surface area contributed by atoms with Crippen LogP contribution in [0.5, 0.6) is 0 Å². The standard InChI is InChI=1S/C19H27NO3S/c1-6-7-8-10-20-14(16-12(2)9-11-24-16)13(15(21)18(20)23)17(22)19(3,4)5/h9,11,14,21H,6-8,10H2,1-5H3. The summed E-state index contributed by atoms with van der Waals surface area (Å²) in [5, 5.41) is 12.4. The Bertz CT molecular complexity index is 666. The van der Waals surface area contributed by atoms with E-state index in [0.717, 1.165) is 29.7 Å². The number of aliphatic hydroxyl groups is 1. The molecule has 2 heterocycles. The van der Waals surface area contributed by atoms with Gasteiger partial charge in [-0.25, -0.2) is 0 Å². The number of nitrogens with zero attached hydrogens (tertiary/aromatic N) is 1. The summed E-state index contributed by atoms with van der Waals surface area (Å²) in [6.45, 7) is 10.1. The average molecular weight is 349 g/mol. The number of rotatable bonds is 6. The second-order valence-corrected chi connectivity index (χ2v) is 8.37. The van der Waals surface area contributed by atoms with Crippen LogP contribution in [-0.4, -0.2) is 28.2 Å². The minimum absolute atomic E-state index is 0.163. The summed E-state index contributed by atoms with van der Waals surface area (Å²) in [4.78, 5) is 28.2. The molecule has 0 spiro atoms. The minimum atomic E-state index is -0.646. The summed E-state index contributed by atoms with van der Waals surface area (Å²) in [6.07, 6.45) is 2.94. The maximum absolute atomic E-state index is 12.9. The van der Waals surface area contributed by atoms with Crippen LogP contribution < -0.4 is 0 Å². The largest absolute Gasteiger partial charge is 0.503 e. The zero-order chi connectivity index (χ0) is 18.1. The van der Waals surface area contributed by atoms with Crippen molar-refractivity contribution in [2.24, 2.45) is 5.41 Å². The smallest absolute Gasteiger partial charge is 0.290 e. The topological polar surface area (TPSA) is 57.6 Å². The van der Waals surface area contributed by atoms with Crippen molar-refractivity contribution in [2.45, 2.75) is 59.9 Å². The molecule has 24 heavy (non-hydrogen) atoms. The quantitative estimate of drug-likeness (QED) is 0.766. The van der Waals surface area contributed by atoms with Gasteiger partial charge < -0.3 is 10.0 Å². The van der Waals surface area contributed by atoms with Gasteiger partial charge in [0.1, 0.15) is 0 Å². The van der Waals surface area contributed by atoms with E-state index in [1.165, 1.54) is 11.3 Å². The zero-order valence-corrected chi connectivity index (χ0v) is 16.0. The second-order valence-electron chi connectivity index (χ2n) is 7.42. The van der Waals surface area contributed by atoms with Gasteiger partial charge in [-0.15, -0.1) is 11.3 Å². The fourth-order valence-corrected chi connectivity index (χ4v) is 4.04. The third-order valence-corrected chi connectivity index (χ3v) is 5.45. The number of carbonyl (C=O) groups excluding carboxylic acids is 2. The molecule has 5 heteroatoms. The first-order valence-corrected chi connectivity index (χ1v) is 9.41. The van der Waals surface area contributed by atoms with Crippen LogP contribution in [0.2, 0.25) is 0 Å². The molecule has 1 amide bonds. The van der Waals surface area contributed by atoms with Crippen molar-refractivity contribution in [1.82, 2.24) is 4.90 Å². The number of hydrogen-bond donors (Lipinski definition) is 1. The first-order chi connectivity index (χ1) is 11.2. The van der Waals surface area contributed by atoms with Gasteiger partial charge >= 0.3 is 0 Å². The van der Waals surface area contributed by atoms with E-state index in [1.54, 1.807) is 4.90 Å². The Kier molecular flexibility index (Phi) is 5.53. The molecule has 1 aromatic heterocycles. The predicted molar refractivity (Wildman–Crippen MR) is 97.2 cm³/mol. The van der Waals surface area contributed by atoms with Crippen LogP contribution in [0, 0.1) is 12.3 Å². The summed E-state index contributed by atoms with van der Waals surface area (Å²) >= 11 is 1.53. The van der Waals surface area contributed by atoms with Gasteiger partial charge in [0, 0.05) is 16.8 Å². The van der Waals surface area contributed by atoms with Crippen LogP contribution in [0.25, 0.3) is 0 Å². The Balaban J connectivity index is 2.48. The zero-order valence-electron chi connectivity index (χ0n) is 15.2. The molecule has 1 unspecified atom stereocenters. The lowest BCUT2D eigenvalue weighted by Gasteiger charge is -2.28. The number of thiophene rings is 1. The minimum Gasteiger partial charge on any atom is -0.503 e. The molecule has 0 radical (unpaired) electrons. The Hall–Kier alpha value is -1.62. The summed E-state index contributed by atoms with van der Waals surface area (Å²) in [7, 11) is 0. The fourth-order valence-electron chi connectivity index (χ4n) is 2.99. The lowest BCUT2D eigenvalue weighted by Crippen LogP contribution is -2.33. The number of hydrogen-bond acceptors (Lipinski definition) is 4. The van der Waals surface area contributed by atoms with E-state index in [2.05, 4.69) is 6.92 Å². The highest BCUT2D eigenvalue weighted by atomic mass is 32.1. The Labute approximate surface area is 148 Å². The van der Waals surface area contributed by atoms with Crippen LogP contribution in [0.4, 0.5) is 0 Å². The van der Waals surface area contributed by atoms with Gasteiger partial charge in [0.2, 0.25) is 0 Å². The lowest BCUT2D eigenvalue weighted by atomic mass is 9.83. The van der Waals surface area contributed by atoms with Crippen LogP contribution >= 0.6 is 11.3 Å². The predicted octanol–water partition coefficient (Wildman–Crippen LogP) is 4.56. The van der Waals surface area contributed by atoms with Gasteiger partial charge in [0.25, 0.3) is 5.91 Å². The number of ketones is 1. The molecule has 1 atom stereocenters. The van der Waals surface area contributed by atoms with E-state index in [9.17, 15) is 14.7 Å². The molecule has 132 valence electrons. The molecule has 4 nitrogen and oxygen atoms in total. The maximum Gasteiger partial charge on any atom is 0.290 e. The van der Waals surface area contributed by atoms with Crippen molar-refractivity contribution in [2.75, 3.05) is 6.54 Å². The number of unbranched alkanes of at least 4 members (excludes halogenated alkanes) is 2. The van der Waals surface area contributed by atoms with Gasteiger partial charge in [-0.2, -0.15) is 0 Å². The van der Waals surface area contributed by atoms with Crippen LogP contribution in [-0.2, 0) is 9.59 Å². The molecule has 0 bridgehead atoms. The highest BCUT2D eigenvalue weighted by Gasteiger charge is 2.46. The summed E-state index contributed by atoms with van der Waals surface area (Å²) in [6, 6.07) is 1.53. The van der Waals surface area contributed by atoms with Crippen molar-refractivity contribution < 1.29 is 14.7 Å². The fraction of sp³-hybridized carbons (Fsp3) is 0.579. The number of amides is 1. The van der Waals surface area contributed by atoms with Gasteiger partial charge in [-0.05, 0) is 30.4 Å². The number of Topliss-reactive ketones (excluding diaryl/α,β-unsaturated/α-hetero) is 1. The van der Waals surface area contributed by atoms with E-state index in [1.807, 2.05) is 39.1 Å². The van der Waals surface area contributed by atoms with E-state index < -0.39 is 17.4 Å². The molecule has 0 aromatic carbocycles. The summed E-state index contributed by atoms with van der Waals surface area (Å²) in [5.74, 6) is -0.954. The molecule has 0 saturated heterocycles.